The summed E-state index contributed by atoms with van der Waals surface area (Å²) in [6, 6.07) is 6.97. The molecule has 94 valence electrons. The van der Waals surface area contributed by atoms with E-state index in [1.54, 1.807) is 24.3 Å². The van der Waals surface area contributed by atoms with Crippen LogP contribution in [-0.4, -0.2) is 27.3 Å². The van der Waals surface area contributed by atoms with Crippen LogP contribution in [0.4, 0.5) is 0 Å². The molecule has 0 spiro atoms. The fourth-order valence-electron chi connectivity index (χ4n) is 1.64. The lowest BCUT2D eigenvalue weighted by Gasteiger charge is -2.04. The molecule has 1 aromatic heterocycles. The molecule has 2 rings (SSSR count). The molecule has 0 unspecified atom stereocenters. The molecule has 0 saturated carbocycles. The number of aliphatic carboxylic acids is 1. The minimum Gasteiger partial charge on any atom is -0.497 e. The number of hydrogen-bond donors (Lipinski definition) is 1. The molecule has 0 aliphatic carbocycles. The van der Waals surface area contributed by atoms with Crippen LogP contribution in [0.5, 0.6) is 5.75 Å². The summed E-state index contributed by atoms with van der Waals surface area (Å²) in [5, 5.41) is 8.66. The van der Waals surface area contributed by atoms with Crippen LogP contribution in [0.3, 0.4) is 0 Å². The lowest BCUT2D eigenvalue weighted by molar-refractivity contribution is -0.137. The van der Waals surface area contributed by atoms with Gasteiger partial charge in [-0.2, -0.15) is 0 Å². The van der Waals surface area contributed by atoms with Gasteiger partial charge in [-0.05, 0) is 12.1 Å². The van der Waals surface area contributed by atoms with Crippen molar-refractivity contribution in [3.8, 4) is 11.4 Å². The first-order valence-electron chi connectivity index (χ1n) is 5.26. The van der Waals surface area contributed by atoms with Crippen molar-refractivity contribution in [2.24, 2.45) is 0 Å². The van der Waals surface area contributed by atoms with Crippen LogP contribution < -0.4 is 10.4 Å². The first kappa shape index (κ1) is 12.0. The third kappa shape index (κ3) is 2.27. The minimum atomic E-state index is -1.06. The van der Waals surface area contributed by atoms with Crippen molar-refractivity contribution < 1.29 is 14.6 Å². The molecule has 6 heteroatoms. The van der Waals surface area contributed by atoms with E-state index in [-0.39, 0.29) is 6.54 Å². The number of imidazole rings is 1. The van der Waals surface area contributed by atoms with Gasteiger partial charge in [-0.3, -0.25) is 13.9 Å². The van der Waals surface area contributed by atoms with Gasteiger partial charge in [0.25, 0.3) is 0 Å². The minimum absolute atomic E-state index is 0.351. The van der Waals surface area contributed by atoms with Gasteiger partial charge >= 0.3 is 11.7 Å². The molecular weight excluding hydrogens is 236 g/mol. The summed E-state index contributed by atoms with van der Waals surface area (Å²) in [4.78, 5) is 22.5. The number of carboxylic acids is 1. The Morgan fingerprint density at radius 1 is 1.39 bits per heavy atom. The van der Waals surface area contributed by atoms with E-state index in [1.165, 1.54) is 24.1 Å². The Labute approximate surface area is 103 Å². The van der Waals surface area contributed by atoms with E-state index in [0.717, 1.165) is 4.57 Å². The van der Waals surface area contributed by atoms with Gasteiger partial charge < -0.3 is 9.84 Å². The Balaban J connectivity index is 2.42. The quantitative estimate of drug-likeness (QED) is 0.865. The fourth-order valence-corrected chi connectivity index (χ4v) is 1.64. The highest BCUT2D eigenvalue weighted by atomic mass is 16.5. The molecule has 1 heterocycles. The summed E-state index contributed by atoms with van der Waals surface area (Å²) in [6.07, 6.45) is 2.97. The standard InChI is InChI=1S/C12H12N2O4/c1-18-10-4-2-3-9(7-10)14-6-5-13(12(14)17)8-11(15)16/h2-7H,8H2,1H3,(H,15,16). The SMILES string of the molecule is COc1cccc(-n2ccn(CC(=O)O)c2=O)c1. The molecule has 0 amide bonds. The second kappa shape index (κ2) is 4.79. The van der Waals surface area contributed by atoms with Crippen LogP contribution in [0.25, 0.3) is 5.69 Å². The molecule has 6 nitrogen and oxygen atoms in total. The number of methoxy groups -OCH3 is 1. The zero-order chi connectivity index (χ0) is 13.1. The van der Waals surface area contributed by atoms with Crippen molar-refractivity contribution in [1.82, 2.24) is 9.13 Å². The van der Waals surface area contributed by atoms with Crippen molar-refractivity contribution in [3.05, 3.63) is 47.1 Å². The Hall–Kier alpha value is -2.50. The van der Waals surface area contributed by atoms with Gasteiger partial charge in [-0.25, -0.2) is 4.79 Å². The average Bonchev–Trinajstić information content (AvgIpc) is 2.70. The maximum atomic E-state index is 11.9. The predicted molar refractivity (Wildman–Crippen MR) is 64.2 cm³/mol. The van der Waals surface area contributed by atoms with Crippen LogP contribution in [0, 0.1) is 0 Å². The molecule has 0 saturated heterocycles. The Morgan fingerprint density at radius 3 is 2.83 bits per heavy atom. The maximum Gasteiger partial charge on any atom is 0.333 e. The molecule has 1 N–H and O–H groups in total. The van der Waals surface area contributed by atoms with Crippen LogP contribution in [-0.2, 0) is 11.3 Å². The van der Waals surface area contributed by atoms with Crippen LogP contribution in [0.15, 0.2) is 41.5 Å². The molecule has 0 aliphatic heterocycles. The largest absolute Gasteiger partial charge is 0.497 e. The van der Waals surface area contributed by atoms with Crippen molar-refractivity contribution >= 4 is 5.97 Å². The third-order valence-corrected chi connectivity index (χ3v) is 2.48. The van der Waals surface area contributed by atoms with Crippen molar-refractivity contribution in [1.29, 1.82) is 0 Å². The molecule has 0 bridgehead atoms. The lowest BCUT2D eigenvalue weighted by Crippen LogP contribution is -2.25. The van der Waals surface area contributed by atoms with Gasteiger partial charge in [0, 0.05) is 18.5 Å². The number of aromatic nitrogens is 2. The highest BCUT2D eigenvalue weighted by Crippen LogP contribution is 2.14. The van der Waals surface area contributed by atoms with E-state index >= 15 is 0 Å². The number of benzene rings is 1. The van der Waals surface area contributed by atoms with Gasteiger partial charge in [0.1, 0.15) is 12.3 Å². The number of nitrogens with zero attached hydrogens (tertiary/aromatic N) is 2. The summed E-state index contributed by atoms with van der Waals surface area (Å²) >= 11 is 0. The number of hydrogen-bond acceptors (Lipinski definition) is 3. The topological polar surface area (TPSA) is 73.5 Å². The van der Waals surface area contributed by atoms with E-state index in [0.29, 0.717) is 11.4 Å². The second-order valence-electron chi connectivity index (χ2n) is 3.67. The van der Waals surface area contributed by atoms with Crippen molar-refractivity contribution in [3.63, 3.8) is 0 Å². The van der Waals surface area contributed by atoms with Crippen molar-refractivity contribution in [2.75, 3.05) is 7.11 Å². The summed E-state index contributed by atoms with van der Waals surface area (Å²) in [5.41, 5.74) is 0.231. The highest BCUT2D eigenvalue weighted by molar-refractivity contribution is 5.66. The summed E-state index contributed by atoms with van der Waals surface area (Å²) < 4.78 is 7.56. The van der Waals surface area contributed by atoms with E-state index in [1.807, 2.05) is 0 Å². The Morgan fingerprint density at radius 2 is 2.17 bits per heavy atom. The first-order chi connectivity index (χ1) is 8.61. The molecule has 0 aliphatic rings. The molecule has 0 radical (unpaired) electrons. The van der Waals surface area contributed by atoms with Crippen LogP contribution in [0.1, 0.15) is 0 Å². The Bertz CT molecular complexity index is 627. The van der Waals surface area contributed by atoms with E-state index in [2.05, 4.69) is 0 Å². The number of carboxylic acid groups (broad SMARTS) is 1. The average molecular weight is 248 g/mol. The van der Waals surface area contributed by atoms with Crippen LogP contribution >= 0.6 is 0 Å². The zero-order valence-corrected chi connectivity index (χ0v) is 9.74. The molecule has 18 heavy (non-hydrogen) atoms. The molecule has 0 fully saturated rings. The van der Waals surface area contributed by atoms with Gasteiger partial charge in [0.05, 0.1) is 12.8 Å². The maximum absolute atomic E-state index is 11.9. The summed E-state index contributed by atoms with van der Waals surface area (Å²) in [5.74, 6) is -0.425. The van der Waals surface area contributed by atoms with Gasteiger partial charge in [0.15, 0.2) is 0 Å². The van der Waals surface area contributed by atoms with Crippen LogP contribution in [0.2, 0.25) is 0 Å². The number of ether oxygens (including phenoxy) is 1. The smallest absolute Gasteiger partial charge is 0.333 e. The molecule has 0 atom stereocenters. The number of carbonyl (C=O) groups is 1. The van der Waals surface area contributed by atoms with E-state index in [9.17, 15) is 9.59 Å². The summed E-state index contributed by atoms with van der Waals surface area (Å²) in [6.45, 7) is -0.351. The fraction of sp³-hybridized carbons (Fsp3) is 0.167. The highest BCUT2D eigenvalue weighted by Gasteiger charge is 2.08. The predicted octanol–water partition coefficient (Wildman–Crippen LogP) is 0.732. The third-order valence-electron chi connectivity index (χ3n) is 2.48. The van der Waals surface area contributed by atoms with Gasteiger partial charge in [-0.1, -0.05) is 6.07 Å². The Kier molecular flexibility index (Phi) is 3.18. The van der Waals surface area contributed by atoms with Gasteiger partial charge in [-0.15, -0.1) is 0 Å². The van der Waals surface area contributed by atoms with Gasteiger partial charge in [0.2, 0.25) is 0 Å². The van der Waals surface area contributed by atoms with Crippen molar-refractivity contribution in [2.45, 2.75) is 6.54 Å². The number of rotatable bonds is 4. The molecule has 1 aromatic carbocycles. The van der Waals surface area contributed by atoms with E-state index < -0.39 is 11.7 Å². The summed E-state index contributed by atoms with van der Waals surface area (Å²) in [7, 11) is 1.54. The monoisotopic (exact) mass is 248 g/mol. The zero-order valence-electron chi connectivity index (χ0n) is 9.74. The molecule has 2 aromatic rings. The first-order valence-corrected chi connectivity index (χ1v) is 5.26. The normalized spacial score (nSPS) is 10.3. The lowest BCUT2D eigenvalue weighted by atomic mass is 10.3. The molecular formula is C12H12N2O4. The van der Waals surface area contributed by atoms with E-state index in [4.69, 9.17) is 9.84 Å². The second-order valence-corrected chi connectivity index (χ2v) is 3.67.